The number of furan rings is 1. The van der Waals surface area contributed by atoms with Gasteiger partial charge in [-0.25, -0.2) is 9.37 Å². The van der Waals surface area contributed by atoms with Crippen molar-refractivity contribution < 1.29 is 41.5 Å². The maximum atomic E-state index is 15.4. The molecular formula is C50H38F2GeIrN4O-2. The molecule has 0 saturated carbocycles. The fraction of sp³-hybridized carbons (Fsp3) is 0.100. The van der Waals surface area contributed by atoms with E-state index in [1.54, 1.807) is 71.4 Å². The first kappa shape index (κ1) is 33.1. The van der Waals surface area contributed by atoms with E-state index in [-0.39, 0.29) is 42.6 Å². The molecule has 0 aliphatic rings. The average molecular weight is 1020 g/mol. The van der Waals surface area contributed by atoms with E-state index >= 15 is 4.39 Å². The van der Waals surface area contributed by atoms with Gasteiger partial charge >= 0.3 is 114 Å². The average Bonchev–Trinajstić information content (AvgIpc) is 3.85. The molecule has 10 rings (SSSR count). The van der Waals surface area contributed by atoms with Gasteiger partial charge in [0.1, 0.15) is 5.82 Å². The van der Waals surface area contributed by atoms with Gasteiger partial charge < -0.3 is 8.98 Å². The predicted molar refractivity (Wildman–Crippen MR) is 234 cm³/mol. The molecule has 0 N–H and O–H groups in total. The predicted octanol–water partition coefficient (Wildman–Crippen LogP) is 12.6. The summed E-state index contributed by atoms with van der Waals surface area (Å²) in [6.07, 6.45) is 1.61. The Morgan fingerprint density at radius 1 is 0.678 bits per heavy atom. The van der Waals surface area contributed by atoms with Gasteiger partial charge in [0, 0.05) is 40.9 Å². The third-order valence-corrected chi connectivity index (χ3v) is 14.3. The van der Waals surface area contributed by atoms with E-state index in [9.17, 15) is 4.39 Å². The number of aryl methyl sites for hydroxylation is 2. The normalized spacial score (nSPS) is 13.4. The van der Waals surface area contributed by atoms with Crippen LogP contribution in [0.15, 0.2) is 144 Å². The molecule has 0 atom stereocenters. The number of hydrogen-bond donors (Lipinski definition) is 0. The van der Waals surface area contributed by atoms with Crippen LogP contribution in [0.1, 0.15) is 19.4 Å². The van der Waals surface area contributed by atoms with E-state index in [4.69, 9.17) is 22.6 Å². The second-order valence-corrected chi connectivity index (χ2v) is 25.5. The molecule has 0 saturated heterocycles. The topological polar surface area (TPSA) is 56.7 Å². The molecule has 0 amide bonds. The number of rotatable bonds is 5. The minimum atomic E-state index is -2.38. The molecule has 0 spiro atoms. The van der Waals surface area contributed by atoms with Crippen LogP contribution in [0.5, 0.6) is 0 Å². The van der Waals surface area contributed by atoms with E-state index < -0.39 is 32.8 Å². The van der Waals surface area contributed by atoms with Crippen LogP contribution in [0.2, 0.25) is 17.3 Å². The van der Waals surface area contributed by atoms with Crippen LogP contribution >= 0.6 is 0 Å². The molecule has 1 radical (unpaired) electrons. The molecule has 0 aliphatic carbocycles. The molecular weight excluding hydrogens is 975 g/mol. The minimum Gasteiger partial charge on any atom is -0.486 e. The Bertz CT molecular complexity index is 3420. The van der Waals surface area contributed by atoms with Crippen molar-refractivity contribution in [2.75, 3.05) is 0 Å². The first-order valence-corrected chi connectivity index (χ1v) is 26.0. The largest absolute Gasteiger partial charge is 0.486 e. The summed E-state index contributed by atoms with van der Waals surface area (Å²) >= 11 is -2.38. The number of aromatic nitrogens is 4. The van der Waals surface area contributed by atoms with Gasteiger partial charge in [0.25, 0.3) is 0 Å². The van der Waals surface area contributed by atoms with Crippen LogP contribution in [-0.2, 0) is 20.1 Å². The molecule has 10 aromatic rings. The Morgan fingerprint density at radius 2 is 1.46 bits per heavy atom. The van der Waals surface area contributed by atoms with E-state index in [0.717, 1.165) is 31.6 Å². The number of pyridine rings is 2. The summed E-state index contributed by atoms with van der Waals surface area (Å²) in [4.78, 5) is 13.9. The number of halogens is 2. The fourth-order valence-electron chi connectivity index (χ4n) is 7.27. The van der Waals surface area contributed by atoms with Crippen LogP contribution in [-0.4, -0.2) is 32.8 Å². The van der Waals surface area contributed by atoms with E-state index in [0.29, 0.717) is 50.7 Å². The molecule has 4 aromatic heterocycles. The molecule has 59 heavy (non-hydrogen) atoms. The molecule has 0 unspecified atom stereocenters. The summed E-state index contributed by atoms with van der Waals surface area (Å²) in [6, 6.07) is 45.1. The zero-order valence-electron chi connectivity index (χ0n) is 38.1. The van der Waals surface area contributed by atoms with Crippen LogP contribution in [0, 0.1) is 37.5 Å². The Balaban J connectivity index is 0.000000222. The summed E-state index contributed by atoms with van der Waals surface area (Å²) in [5.41, 5.74) is 5.08. The Hall–Kier alpha value is -5.80. The molecule has 0 fully saturated rings. The molecule has 9 heteroatoms. The van der Waals surface area contributed by atoms with Gasteiger partial charge in [-0.1, -0.05) is 71.6 Å². The first-order valence-electron chi connectivity index (χ1n) is 21.7. The van der Waals surface area contributed by atoms with E-state index in [2.05, 4.69) is 34.4 Å². The van der Waals surface area contributed by atoms with Crippen LogP contribution in [0.3, 0.4) is 0 Å². The van der Waals surface area contributed by atoms with Gasteiger partial charge in [-0.2, -0.15) is 0 Å². The Kier molecular flexibility index (Phi) is 9.03. The summed E-state index contributed by atoms with van der Waals surface area (Å²) in [5.74, 6) is 5.98. The third kappa shape index (κ3) is 7.53. The number of nitrogens with zero attached hydrogens (tertiary/aromatic N) is 4. The molecule has 0 aliphatic heterocycles. The van der Waals surface area contributed by atoms with Crippen molar-refractivity contribution in [1.29, 1.82) is 0 Å². The molecule has 6 aromatic carbocycles. The maximum Gasteiger partial charge on any atom is 0.216 e. The maximum absolute atomic E-state index is 15.4. The monoisotopic (exact) mass is 1020 g/mol. The van der Waals surface area contributed by atoms with Gasteiger partial charge in [0.2, 0.25) is 5.71 Å². The van der Waals surface area contributed by atoms with E-state index in [1.807, 2.05) is 54.6 Å². The van der Waals surface area contributed by atoms with Gasteiger partial charge in [0.15, 0.2) is 0 Å². The van der Waals surface area contributed by atoms with Crippen molar-refractivity contribution in [3.63, 3.8) is 0 Å². The van der Waals surface area contributed by atoms with Crippen molar-refractivity contribution in [2.24, 2.45) is 0 Å². The zero-order chi connectivity index (χ0) is 45.1. The minimum absolute atomic E-state index is 0. The summed E-state index contributed by atoms with van der Waals surface area (Å²) in [5, 5.41) is 3.65. The Morgan fingerprint density at radius 3 is 2.27 bits per heavy atom. The Labute approximate surface area is 365 Å². The van der Waals surface area contributed by atoms with Gasteiger partial charge in [-0.3, -0.25) is 4.98 Å². The second-order valence-electron chi connectivity index (χ2n) is 15.0. The van der Waals surface area contributed by atoms with Gasteiger partial charge in [-0.15, -0.1) is 18.2 Å². The number of hydrogen-bond acceptors (Lipinski definition) is 4. The summed E-state index contributed by atoms with van der Waals surface area (Å²) < 4.78 is 85.4. The third-order valence-electron chi connectivity index (χ3n) is 10.1. The molecule has 4 heterocycles. The molecule has 0 bridgehead atoms. The standard InChI is InChI=1S/C35H21FN3O.C15H17FGeN.Ir/c1-21-8-2-5-11-25(21)30-19-18-27-26-12-6-13-28(33(26)40-35(27)38-30)34-37-31-15-7-14-29(36)32(31)39(34)24-17-16-22-9-3-4-10-23(22)20-24;1-11-9-15(12-7-5-6-8-13(12)16)18-10-14(11)17(2,3)4;/h2-12,14-20H,1H3;5-6,8-10H,1-4H3;/q2*-1;/i2*1D3;. The van der Waals surface area contributed by atoms with Gasteiger partial charge in [0.05, 0.1) is 28.1 Å². The van der Waals surface area contributed by atoms with Crippen LogP contribution < -0.4 is 4.40 Å². The number of imidazole rings is 1. The zero-order valence-corrected chi connectivity index (χ0v) is 36.6. The number of benzene rings is 6. The molecule has 293 valence electrons. The van der Waals surface area contributed by atoms with Crippen molar-refractivity contribution in [3.05, 3.63) is 175 Å². The summed E-state index contributed by atoms with van der Waals surface area (Å²) in [7, 11) is 0. The fourth-order valence-corrected chi connectivity index (χ4v) is 10.1. The number of para-hydroxylation sites is 1. The van der Waals surface area contributed by atoms with Crippen molar-refractivity contribution in [3.8, 4) is 39.6 Å². The first-order chi connectivity index (χ1) is 30.5. The SMILES string of the molecule is [2H]C([2H])([2H])c1cc(-c2[c-]cccc2F)nc[c]1[Ge]([CH3])([CH3])[CH3].[2H]C([2H])([2H])c1ccccc1-c1ccc2c(n1)oc1c(-c3nc4cccc(F)c4n3-c3ccc4ccccc4c3)[c-]ccc12.[Ir]. The number of fused-ring (bicyclic) bond motifs is 5. The summed E-state index contributed by atoms with van der Waals surface area (Å²) in [6.45, 7) is -4.52. The van der Waals surface area contributed by atoms with E-state index in [1.165, 1.54) is 18.2 Å². The second kappa shape index (κ2) is 16.1. The van der Waals surface area contributed by atoms with Crippen LogP contribution in [0.4, 0.5) is 8.78 Å². The smallest absolute Gasteiger partial charge is 0.216 e. The van der Waals surface area contributed by atoms with Crippen molar-refractivity contribution in [2.45, 2.75) is 31.0 Å². The van der Waals surface area contributed by atoms with Crippen molar-refractivity contribution >= 4 is 61.5 Å². The quantitative estimate of drug-likeness (QED) is 0.127. The van der Waals surface area contributed by atoms with Gasteiger partial charge in [-0.05, 0) is 59.6 Å². The van der Waals surface area contributed by atoms with Crippen molar-refractivity contribution in [1.82, 2.24) is 19.5 Å². The van der Waals surface area contributed by atoms with Crippen LogP contribution in [0.25, 0.3) is 83.5 Å². The molecule has 5 nitrogen and oxygen atoms in total.